The van der Waals surface area contributed by atoms with Crippen LogP contribution < -0.4 is 5.32 Å². The van der Waals surface area contributed by atoms with Gasteiger partial charge in [0, 0.05) is 13.5 Å². The summed E-state index contributed by atoms with van der Waals surface area (Å²) in [6.45, 7) is 5.53. The summed E-state index contributed by atoms with van der Waals surface area (Å²) in [5.74, 6) is -0.335. The third-order valence-corrected chi connectivity index (χ3v) is 1.86. The number of hydrogen-bond donors (Lipinski definition) is 1. The highest BCUT2D eigenvalue weighted by atomic mass is 16.5. The molecule has 0 aliphatic rings. The molecule has 4 heteroatoms. The van der Waals surface area contributed by atoms with Crippen LogP contribution in [0.2, 0.25) is 0 Å². The minimum Gasteiger partial charge on any atom is -0.469 e. The van der Waals surface area contributed by atoms with Crippen molar-refractivity contribution in [1.29, 1.82) is 0 Å². The van der Waals surface area contributed by atoms with Crippen LogP contribution >= 0.6 is 0 Å². The molecule has 0 aromatic heterocycles. The summed E-state index contributed by atoms with van der Waals surface area (Å²) in [5, 5.41) is 2.63. The molecular weight excluding hydrogens is 170 g/mol. The maximum absolute atomic E-state index is 11.2. The van der Waals surface area contributed by atoms with Gasteiger partial charge in [0.15, 0.2) is 0 Å². The first-order chi connectivity index (χ1) is 5.90. The maximum atomic E-state index is 11.2. The van der Waals surface area contributed by atoms with Crippen LogP contribution in [0.15, 0.2) is 0 Å². The van der Waals surface area contributed by atoms with Gasteiger partial charge in [-0.2, -0.15) is 0 Å². The molecule has 1 amide bonds. The lowest BCUT2D eigenvalue weighted by Gasteiger charge is -2.20. The van der Waals surface area contributed by atoms with E-state index in [9.17, 15) is 9.59 Å². The van der Waals surface area contributed by atoms with Crippen molar-refractivity contribution in [2.45, 2.75) is 27.2 Å². The zero-order valence-corrected chi connectivity index (χ0v) is 8.64. The number of methoxy groups -OCH3 is 1. The molecule has 4 nitrogen and oxygen atoms in total. The van der Waals surface area contributed by atoms with Gasteiger partial charge in [0.1, 0.15) is 0 Å². The van der Waals surface area contributed by atoms with Gasteiger partial charge in [-0.3, -0.25) is 9.59 Å². The van der Waals surface area contributed by atoms with Crippen molar-refractivity contribution in [3.05, 3.63) is 0 Å². The Hall–Kier alpha value is -1.06. The normalized spacial score (nSPS) is 10.8. The predicted molar refractivity (Wildman–Crippen MR) is 49.1 cm³/mol. The van der Waals surface area contributed by atoms with Crippen molar-refractivity contribution in [1.82, 2.24) is 5.32 Å². The lowest BCUT2D eigenvalue weighted by atomic mass is 9.89. The number of nitrogens with one attached hydrogen (secondary N) is 1. The quantitative estimate of drug-likeness (QED) is 0.659. The first-order valence-corrected chi connectivity index (χ1v) is 4.23. The van der Waals surface area contributed by atoms with Crippen molar-refractivity contribution in [3.8, 4) is 0 Å². The topological polar surface area (TPSA) is 55.4 Å². The van der Waals surface area contributed by atoms with E-state index in [1.54, 1.807) is 13.8 Å². The first kappa shape index (κ1) is 11.9. The first-order valence-electron chi connectivity index (χ1n) is 4.23. The molecule has 76 valence electrons. The fourth-order valence-electron chi connectivity index (χ4n) is 0.929. The van der Waals surface area contributed by atoms with E-state index in [0.717, 1.165) is 0 Å². The summed E-state index contributed by atoms with van der Waals surface area (Å²) in [5.41, 5.74) is -0.531. The fraction of sp³-hybridized carbons (Fsp3) is 0.778. The molecule has 0 unspecified atom stereocenters. The Morgan fingerprint density at radius 1 is 1.38 bits per heavy atom. The lowest BCUT2D eigenvalue weighted by molar-refractivity contribution is -0.151. The highest BCUT2D eigenvalue weighted by Gasteiger charge is 2.27. The van der Waals surface area contributed by atoms with Gasteiger partial charge in [0.25, 0.3) is 0 Å². The van der Waals surface area contributed by atoms with E-state index >= 15 is 0 Å². The minimum atomic E-state index is -0.531. The zero-order chi connectivity index (χ0) is 10.5. The van der Waals surface area contributed by atoms with E-state index < -0.39 is 5.41 Å². The second-order valence-electron chi connectivity index (χ2n) is 3.61. The molecule has 13 heavy (non-hydrogen) atoms. The number of ether oxygens (including phenoxy) is 1. The van der Waals surface area contributed by atoms with Crippen molar-refractivity contribution >= 4 is 11.9 Å². The third kappa shape index (κ3) is 4.50. The van der Waals surface area contributed by atoms with Gasteiger partial charge >= 0.3 is 5.97 Å². The Labute approximate surface area is 78.6 Å². The molecule has 0 aromatic carbocycles. The van der Waals surface area contributed by atoms with Crippen molar-refractivity contribution in [3.63, 3.8) is 0 Å². The van der Waals surface area contributed by atoms with Crippen molar-refractivity contribution < 1.29 is 14.3 Å². The van der Waals surface area contributed by atoms with Gasteiger partial charge in [-0.1, -0.05) is 0 Å². The largest absolute Gasteiger partial charge is 0.469 e. The summed E-state index contributed by atoms with van der Waals surface area (Å²) in [6, 6.07) is 0. The maximum Gasteiger partial charge on any atom is 0.311 e. The molecule has 0 heterocycles. The number of rotatable bonds is 4. The number of esters is 1. The average Bonchev–Trinajstić information content (AvgIpc) is 2.01. The number of carbonyl (C=O) groups excluding carboxylic acids is 2. The van der Waals surface area contributed by atoms with E-state index in [1.807, 2.05) is 0 Å². The molecule has 0 atom stereocenters. The van der Waals surface area contributed by atoms with E-state index in [-0.39, 0.29) is 11.9 Å². The van der Waals surface area contributed by atoms with E-state index in [0.29, 0.717) is 13.0 Å². The van der Waals surface area contributed by atoms with Gasteiger partial charge in [0.05, 0.1) is 12.5 Å². The number of carbonyl (C=O) groups is 2. The molecule has 0 radical (unpaired) electrons. The van der Waals surface area contributed by atoms with E-state index in [4.69, 9.17) is 0 Å². The molecule has 0 aliphatic carbocycles. The summed E-state index contributed by atoms with van der Waals surface area (Å²) >= 11 is 0. The van der Waals surface area contributed by atoms with Gasteiger partial charge in [0.2, 0.25) is 5.91 Å². The van der Waals surface area contributed by atoms with Gasteiger partial charge in [-0.25, -0.2) is 0 Å². The molecule has 0 aromatic rings. The number of amides is 1. The van der Waals surface area contributed by atoms with E-state index in [2.05, 4.69) is 10.1 Å². The van der Waals surface area contributed by atoms with E-state index in [1.165, 1.54) is 14.0 Å². The van der Waals surface area contributed by atoms with Crippen molar-refractivity contribution in [2.24, 2.45) is 5.41 Å². The van der Waals surface area contributed by atoms with Crippen LogP contribution in [0.4, 0.5) is 0 Å². The molecular formula is C9H17NO3. The Bertz CT molecular complexity index is 199. The Morgan fingerprint density at radius 2 is 1.92 bits per heavy atom. The molecule has 1 N–H and O–H groups in total. The Balaban J connectivity index is 3.89. The van der Waals surface area contributed by atoms with Crippen LogP contribution in [-0.4, -0.2) is 25.5 Å². The zero-order valence-electron chi connectivity index (χ0n) is 8.64. The molecule has 0 saturated heterocycles. The summed E-state index contributed by atoms with van der Waals surface area (Å²) in [6.07, 6.45) is 0.583. The highest BCUT2D eigenvalue weighted by Crippen LogP contribution is 2.20. The molecule has 0 rings (SSSR count). The second kappa shape index (κ2) is 4.84. The number of hydrogen-bond acceptors (Lipinski definition) is 3. The van der Waals surface area contributed by atoms with Gasteiger partial charge in [-0.15, -0.1) is 0 Å². The fourth-order valence-corrected chi connectivity index (χ4v) is 0.929. The van der Waals surface area contributed by atoms with Gasteiger partial charge in [-0.05, 0) is 20.3 Å². The monoisotopic (exact) mass is 187 g/mol. The molecule has 0 fully saturated rings. The predicted octanol–water partition coefficient (Wildman–Crippen LogP) is 0.712. The Kier molecular flexibility index (Phi) is 4.45. The highest BCUT2D eigenvalue weighted by molar-refractivity contribution is 5.76. The third-order valence-electron chi connectivity index (χ3n) is 1.86. The van der Waals surface area contributed by atoms with Crippen LogP contribution in [-0.2, 0) is 14.3 Å². The molecule has 0 bridgehead atoms. The smallest absolute Gasteiger partial charge is 0.311 e. The lowest BCUT2D eigenvalue weighted by Crippen LogP contribution is -2.31. The average molecular weight is 187 g/mol. The SMILES string of the molecule is COC(=O)C(C)(C)CCNC(C)=O. The summed E-state index contributed by atoms with van der Waals surface area (Å²) in [4.78, 5) is 21.7. The molecule has 0 spiro atoms. The second-order valence-corrected chi connectivity index (χ2v) is 3.61. The van der Waals surface area contributed by atoms with Crippen LogP contribution in [0.25, 0.3) is 0 Å². The van der Waals surface area contributed by atoms with Crippen molar-refractivity contribution in [2.75, 3.05) is 13.7 Å². The van der Waals surface area contributed by atoms with Gasteiger partial charge < -0.3 is 10.1 Å². The van der Waals surface area contributed by atoms with Crippen LogP contribution in [0.5, 0.6) is 0 Å². The minimum absolute atomic E-state index is 0.0827. The standard InChI is InChI=1S/C9H17NO3/c1-7(11)10-6-5-9(2,3)8(12)13-4/h5-6H2,1-4H3,(H,10,11). The molecule has 0 saturated carbocycles. The summed E-state index contributed by atoms with van der Waals surface area (Å²) in [7, 11) is 1.36. The van der Waals surface area contributed by atoms with Crippen LogP contribution in [0.3, 0.4) is 0 Å². The van der Waals surface area contributed by atoms with Crippen LogP contribution in [0, 0.1) is 5.41 Å². The summed E-state index contributed by atoms with van der Waals surface area (Å²) < 4.78 is 4.62. The molecule has 0 aliphatic heterocycles. The van der Waals surface area contributed by atoms with Crippen LogP contribution in [0.1, 0.15) is 27.2 Å². The Morgan fingerprint density at radius 3 is 2.31 bits per heavy atom.